The molecule has 2 aromatic heterocycles. The van der Waals surface area contributed by atoms with E-state index in [1.54, 1.807) is 6.92 Å². The standard InChI is InChI=1S/C18H20N6O2S/c1-10(16(25)21-17(26)19-2)27-18-23-22-15(24(18)11-7-8-11)13-9-20-14-6-4-3-5-12(13)14/h3-6,9-11,20H,7-8H2,1-2H3,(H2,19,21,25,26)/t10-/m0/s1. The van der Waals surface area contributed by atoms with Gasteiger partial charge in [-0.3, -0.25) is 14.7 Å². The number of urea groups is 1. The summed E-state index contributed by atoms with van der Waals surface area (Å²) in [6.07, 6.45) is 4.09. The van der Waals surface area contributed by atoms with Gasteiger partial charge in [0.1, 0.15) is 0 Å². The molecule has 9 heteroatoms. The van der Waals surface area contributed by atoms with Crippen LogP contribution in [0.2, 0.25) is 0 Å². The molecular formula is C18H20N6O2S. The Bertz CT molecular complexity index is 1010. The fourth-order valence-electron chi connectivity index (χ4n) is 2.95. The number of hydrogen-bond donors (Lipinski definition) is 3. The minimum atomic E-state index is -0.518. The predicted molar refractivity (Wildman–Crippen MR) is 104 cm³/mol. The van der Waals surface area contributed by atoms with Gasteiger partial charge in [0, 0.05) is 35.8 Å². The molecule has 1 aromatic carbocycles. The molecular weight excluding hydrogens is 364 g/mol. The van der Waals surface area contributed by atoms with Crippen LogP contribution in [0.3, 0.4) is 0 Å². The summed E-state index contributed by atoms with van der Waals surface area (Å²) in [5.74, 6) is 0.440. The Hall–Kier alpha value is -2.81. The molecule has 27 heavy (non-hydrogen) atoms. The summed E-state index contributed by atoms with van der Waals surface area (Å²) < 4.78 is 2.12. The number of nitrogens with one attached hydrogen (secondary N) is 3. The molecule has 140 valence electrons. The lowest BCUT2D eigenvalue weighted by atomic mass is 10.1. The van der Waals surface area contributed by atoms with Crippen molar-refractivity contribution in [2.24, 2.45) is 0 Å². The van der Waals surface area contributed by atoms with E-state index in [9.17, 15) is 9.59 Å². The number of hydrogen-bond acceptors (Lipinski definition) is 5. The van der Waals surface area contributed by atoms with Gasteiger partial charge in [0.15, 0.2) is 11.0 Å². The Morgan fingerprint density at radius 1 is 1.30 bits per heavy atom. The molecule has 4 rings (SSSR count). The third kappa shape index (κ3) is 3.42. The Labute approximate surface area is 160 Å². The van der Waals surface area contributed by atoms with Gasteiger partial charge in [0.25, 0.3) is 0 Å². The minimum absolute atomic E-state index is 0.348. The maximum absolute atomic E-state index is 12.2. The quantitative estimate of drug-likeness (QED) is 0.587. The first-order valence-electron chi connectivity index (χ1n) is 8.79. The van der Waals surface area contributed by atoms with Gasteiger partial charge in [-0.2, -0.15) is 0 Å². The van der Waals surface area contributed by atoms with Crippen LogP contribution in [0.5, 0.6) is 0 Å². The van der Waals surface area contributed by atoms with E-state index in [0.29, 0.717) is 11.2 Å². The van der Waals surface area contributed by atoms with Crippen molar-refractivity contribution >= 4 is 34.6 Å². The van der Waals surface area contributed by atoms with Gasteiger partial charge in [0.05, 0.1) is 5.25 Å². The van der Waals surface area contributed by atoms with Gasteiger partial charge in [-0.25, -0.2) is 4.79 Å². The number of nitrogens with zero attached hydrogens (tertiary/aromatic N) is 3. The topological polar surface area (TPSA) is 105 Å². The molecule has 8 nitrogen and oxygen atoms in total. The summed E-state index contributed by atoms with van der Waals surface area (Å²) in [5, 5.41) is 14.8. The van der Waals surface area contributed by atoms with E-state index in [0.717, 1.165) is 35.1 Å². The largest absolute Gasteiger partial charge is 0.360 e. The average molecular weight is 384 g/mol. The van der Waals surface area contributed by atoms with Crippen molar-refractivity contribution in [3.05, 3.63) is 30.5 Å². The van der Waals surface area contributed by atoms with E-state index in [4.69, 9.17) is 0 Å². The lowest BCUT2D eigenvalue weighted by Gasteiger charge is -2.12. The number of carbonyl (C=O) groups is 2. The van der Waals surface area contributed by atoms with E-state index in [1.807, 2.05) is 24.4 Å². The van der Waals surface area contributed by atoms with E-state index >= 15 is 0 Å². The van der Waals surface area contributed by atoms with Crippen LogP contribution in [-0.2, 0) is 4.79 Å². The molecule has 1 aliphatic rings. The molecule has 1 saturated carbocycles. The molecule has 0 radical (unpaired) electrons. The number of benzene rings is 1. The van der Waals surface area contributed by atoms with E-state index in [-0.39, 0.29) is 5.91 Å². The monoisotopic (exact) mass is 384 g/mol. The van der Waals surface area contributed by atoms with Gasteiger partial charge < -0.3 is 10.3 Å². The highest BCUT2D eigenvalue weighted by Gasteiger charge is 2.32. The number of rotatable bonds is 5. The van der Waals surface area contributed by atoms with E-state index in [2.05, 4.69) is 36.4 Å². The maximum atomic E-state index is 12.2. The summed E-state index contributed by atoms with van der Waals surface area (Å²) in [4.78, 5) is 26.8. The molecule has 3 amide bonds. The Morgan fingerprint density at radius 3 is 2.81 bits per heavy atom. The summed E-state index contributed by atoms with van der Waals surface area (Å²) >= 11 is 1.31. The van der Waals surface area contributed by atoms with Crippen LogP contribution in [-0.4, -0.2) is 44.0 Å². The first-order chi connectivity index (χ1) is 13.1. The van der Waals surface area contributed by atoms with Crippen LogP contribution in [0.15, 0.2) is 35.6 Å². The highest BCUT2D eigenvalue weighted by atomic mass is 32.2. The zero-order chi connectivity index (χ0) is 19.0. The second-order valence-corrected chi connectivity index (χ2v) is 7.79. The van der Waals surface area contributed by atoms with Crippen molar-refractivity contribution in [3.8, 4) is 11.4 Å². The third-order valence-corrected chi connectivity index (χ3v) is 5.58. The van der Waals surface area contributed by atoms with E-state index < -0.39 is 11.3 Å². The number of amides is 3. The van der Waals surface area contributed by atoms with Crippen LogP contribution in [0, 0.1) is 0 Å². The van der Waals surface area contributed by atoms with Crippen molar-refractivity contribution in [3.63, 3.8) is 0 Å². The lowest BCUT2D eigenvalue weighted by molar-refractivity contribution is -0.119. The molecule has 2 heterocycles. The van der Waals surface area contributed by atoms with Crippen molar-refractivity contribution in [2.45, 2.75) is 36.2 Å². The molecule has 0 saturated heterocycles. The van der Waals surface area contributed by atoms with Crippen LogP contribution in [0.1, 0.15) is 25.8 Å². The number of fused-ring (bicyclic) bond motifs is 1. The van der Waals surface area contributed by atoms with Crippen LogP contribution >= 0.6 is 11.8 Å². The number of aromatic nitrogens is 4. The normalized spacial score (nSPS) is 14.9. The molecule has 0 bridgehead atoms. The number of thioether (sulfide) groups is 1. The average Bonchev–Trinajstić information content (AvgIpc) is 3.29. The van der Waals surface area contributed by atoms with Crippen molar-refractivity contribution in [2.75, 3.05) is 7.05 Å². The molecule has 0 aliphatic heterocycles. The second kappa shape index (κ2) is 7.07. The zero-order valence-electron chi connectivity index (χ0n) is 15.0. The number of carbonyl (C=O) groups excluding carboxylic acids is 2. The van der Waals surface area contributed by atoms with Crippen LogP contribution in [0.4, 0.5) is 4.79 Å². The lowest BCUT2D eigenvalue weighted by Crippen LogP contribution is -2.41. The van der Waals surface area contributed by atoms with Gasteiger partial charge in [-0.15, -0.1) is 10.2 Å². The second-order valence-electron chi connectivity index (χ2n) is 6.48. The highest BCUT2D eigenvalue weighted by Crippen LogP contribution is 2.42. The van der Waals surface area contributed by atoms with Gasteiger partial charge >= 0.3 is 6.03 Å². The Balaban J connectivity index is 1.64. The Kier molecular flexibility index (Phi) is 4.61. The molecule has 3 aromatic rings. The minimum Gasteiger partial charge on any atom is -0.360 e. The number of H-pyrrole nitrogens is 1. The summed E-state index contributed by atoms with van der Waals surface area (Å²) in [7, 11) is 1.47. The Morgan fingerprint density at radius 2 is 2.07 bits per heavy atom. The molecule has 0 spiro atoms. The van der Waals surface area contributed by atoms with E-state index in [1.165, 1.54) is 18.8 Å². The van der Waals surface area contributed by atoms with Gasteiger partial charge in [-0.05, 0) is 25.8 Å². The summed E-state index contributed by atoms with van der Waals surface area (Å²) in [6, 6.07) is 7.90. The van der Waals surface area contributed by atoms with Gasteiger partial charge in [-0.1, -0.05) is 30.0 Å². The molecule has 0 unspecified atom stereocenters. The molecule has 1 aliphatic carbocycles. The fraction of sp³-hybridized carbons (Fsp3) is 0.333. The third-order valence-electron chi connectivity index (χ3n) is 4.52. The fourth-order valence-corrected chi connectivity index (χ4v) is 3.87. The number of aromatic amines is 1. The highest BCUT2D eigenvalue weighted by molar-refractivity contribution is 8.00. The maximum Gasteiger partial charge on any atom is 0.321 e. The SMILES string of the molecule is CNC(=O)NC(=O)[C@H](C)Sc1nnc(-c2c[nH]c3ccccc23)n1C1CC1. The molecule has 3 N–H and O–H groups in total. The number of imide groups is 1. The predicted octanol–water partition coefficient (Wildman–Crippen LogP) is 2.70. The number of para-hydroxylation sites is 1. The van der Waals surface area contributed by atoms with Crippen molar-refractivity contribution in [1.29, 1.82) is 0 Å². The first-order valence-corrected chi connectivity index (χ1v) is 9.67. The molecule has 1 atom stereocenters. The van der Waals surface area contributed by atoms with Gasteiger partial charge in [0.2, 0.25) is 5.91 Å². The molecule has 1 fully saturated rings. The first kappa shape index (κ1) is 17.6. The smallest absolute Gasteiger partial charge is 0.321 e. The van der Waals surface area contributed by atoms with Crippen LogP contribution in [0.25, 0.3) is 22.3 Å². The summed E-state index contributed by atoms with van der Waals surface area (Å²) in [5.41, 5.74) is 2.05. The zero-order valence-corrected chi connectivity index (χ0v) is 15.8. The van der Waals surface area contributed by atoms with Crippen molar-refractivity contribution in [1.82, 2.24) is 30.4 Å². The summed E-state index contributed by atoms with van der Waals surface area (Å²) in [6.45, 7) is 1.75. The van der Waals surface area contributed by atoms with Crippen molar-refractivity contribution < 1.29 is 9.59 Å². The van der Waals surface area contributed by atoms with Crippen LogP contribution < -0.4 is 10.6 Å².